The summed E-state index contributed by atoms with van der Waals surface area (Å²) in [7, 11) is 0. The number of carbonyl (C=O) groups excluding carboxylic acids is 1. The molecule has 0 bridgehead atoms. The van der Waals surface area contributed by atoms with Crippen LogP contribution in [0.3, 0.4) is 0 Å². The van der Waals surface area contributed by atoms with E-state index in [9.17, 15) is 4.79 Å². The molecule has 6 heteroatoms. The van der Waals surface area contributed by atoms with E-state index in [2.05, 4.69) is 53.2 Å². The van der Waals surface area contributed by atoms with Crippen LogP contribution in [0, 0.1) is 13.8 Å². The minimum absolute atomic E-state index is 0.231. The van der Waals surface area contributed by atoms with Crippen LogP contribution < -0.4 is 0 Å². The number of hydrogen-bond acceptors (Lipinski definition) is 5. The van der Waals surface area contributed by atoms with Gasteiger partial charge in [-0.2, -0.15) is 4.98 Å². The van der Waals surface area contributed by atoms with Gasteiger partial charge >= 0.3 is 0 Å². The third kappa shape index (κ3) is 5.13. The average Bonchev–Trinajstić information content (AvgIpc) is 3.22. The van der Waals surface area contributed by atoms with Gasteiger partial charge in [-0.25, -0.2) is 0 Å². The Hall–Kier alpha value is -2.99. The number of carbonyl (C=O) groups is 1. The van der Waals surface area contributed by atoms with Crippen LogP contribution >= 0.6 is 0 Å². The quantitative estimate of drug-likeness (QED) is 0.628. The first-order valence-corrected chi connectivity index (χ1v) is 10.5. The van der Waals surface area contributed by atoms with E-state index >= 15 is 0 Å². The predicted octanol–water partition coefficient (Wildman–Crippen LogP) is 3.63. The lowest BCUT2D eigenvalue weighted by molar-refractivity contribution is -0.133. The van der Waals surface area contributed by atoms with Crippen molar-refractivity contribution in [2.24, 2.45) is 0 Å². The zero-order chi connectivity index (χ0) is 20.9. The molecule has 1 amide bonds. The zero-order valence-electron chi connectivity index (χ0n) is 17.7. The summed E-state index contributed by atoms with van der Waals surface area (Å²) in [5, 5.41) is 4.11. The molecule has 1 aliphatic rings. The fraction of sp³-hybridized carbons (Fsp3) is 0.375. The molecule has 1 fully saturated rings. The number of aromatic nitrogens is 2. The monoisotopic (exact) mass is 404 g/mol. The van der Waals surface area contributed by atoms with E-state index < -0.39 is 0 Å². The summed E-state index contributed by atoms with van der Waals surface area (Å²) in [6.07, 6.45) is 1.36. The van der Waals surface area contributed by atoms with Crippen molar-refractivity contribution >= 4 is 5.91 Å². The Balaban J connectivity index is 1.24. The van der Waals surface area contributed by atoms with Crippen molar-refractivity contribution in [3.8, 4) is 11.4 Å². The highest BCUT2D eigenvalue weighted by molar-refractivity contribution is 5.76. The maximum atomic E-state index is 12.6. The Kier molecular flexibility index (Phi) is 6.23. The van der Waals surface area contributed by atoms with Crippen molar-refractivity contribution in [1.82, 2.24) is 19.9 Å². The van der Waals surface area contributed by atoms with Gasteiger partial charge in [-0.3, -0.25) is 9.69 Å². The van der Waals surface area contributed by atoms with Crippen LogP contribution in [0.1, 0.15) is 29.0 Å². The minimum atomic E-state index is 0.231. The molecule has 6 nitrogen and oxygen atoms in total. The molecule has 0 spiro atoms. The van der Waals surface area contributed by atoms with Crippen LogP contribution in [-0.2, 0) is 17.8 Å². The molecule has 1 saturated heterocycles. The number of nitrogens with zero attached hydrogens (tertiary/aromatic N) is 4. The fourth-order valence-electron chi connectivity index (χ4n) is 3.65. The lowest BCUT2D eigenvalue weighted by Gasteiger charge is -2.34. The first-order chi connectivity index (χ1) is 14.6. The van der Waals surface area contributed by atoms with Gasteiger partial charge in [0.2, 0.25) is 17.6 Å². The minimum Gasteiger partial charge on any atom is -0.340 e. The summed E-state index contributed by atoms with van der Waals surface area (Å²) >= 11 is 0. The van der Waals surface area contributed by atoms with Crippen molar-refractivity contribution < 1.29 is 9.32 Å². The summed E-state index contributed by atoms with van der Waals surface area (Å²) in [4.78, 5) is 21.3. The second-order valence-corrected chi connectivity index (χ2v) is 8.02. The molecule has 1 aliphatic heterocycles. The molecule has 2 heterocycles. The Morgan fingerprint density at radius 2 is 1.57 bits per heavy atom. The average molecular weight is 405 g/mol. The summed E-state index contributed by atoms with van der Waals surface area (Å²) in [6, 6.07) is 16.5. The Bertz CT molecular complexity index is 971. The molecule has 0 N–H and O–H groups in total. The topological polar surface area (TPSA) is 62.5 Å². The fourth-order valence-corrected chi connectivity index (χ4v) is 3.65. The Morgan fingerprint density at radius 1 is 0.933 bits per heavy atom. The lowest BCUT2D eigenvalue weighted by atomic mass is 10.1. The van der Waals surface area contributed by atoms with Crippen LogP contribution in [-0.4, -0.2) is 52.0 Å². The number of rotatable bonds is 6. The third-order valence-electron chi connectivity index (χ3n) is 5.61. The van der Waals surface area contributed by atoms with Crippen molar-refractivity contribution in [3.63, 3.8) is 0 Å². The first kappa shape index (κ1) is 20.3. The highest BCUT2D eigenvalue weighted by Gasteiger charge is 2.22. The van der Waals surface area contributed by atoms with Crippen LogP contribution in [0.2, 0.25) is 0 Å². The summed E-state index contributed by atoms with van der Waals surface area (Å²) < 4.78 is 5.44. The standard InChI is InChI=1S/C24H28N4O2/c1-18-3-7-20(8-4-18)9-12-23(29)28-15-13-27(14-16-28)17-22-25-24(26-30-22)21-10-5-19(2)6-11-21/h3-8,10-11H,9,12-17H2,1-2H3. The summed E-state index contributed by atoms with van der Waals surface area (Å²) in [5.74, 6) is 1.47. The lowest BCUT2D eigenvalue weighted by Crippen LogP contribution is -2.48. The SMILES string of the molecule is Cc1ccc(CCC(=O)N2CCN(Cc3nc(-c4ccc(C)cc4)no3)CC2)cc1. The first-order valence-electron chi connectivity index (χ1n) is 10.5. The van der Waals surface area contributed by atoms with Crippen LogP contribution in [0.5, 0.6) is 0 Å². The zero-order valence-corrected chi connectivity index (χ0v) is 17.7. The van der Waals surface area contributed by atoms with Crippen molar-refractivity contribution in [2.75, 3.05) is 26.2 Å². The second-order valence-electron chi connectivity index (χ2n) is 8.02. The van der Waals surface area contributed by atoms with Gasteiger partial charge in [-0.05, 0) is 25.8 Å². The highest BCUT2D eigenvalue weighted by atomic mass is 16.5. The van der Waals surface area contributed by atoms with Gasteiger partial charge in [0, 0.05) is 38.2 Å². The van der Waals surface area contributed by atoms with Crippen LogP contribution in [0.4, 0.5) is 0 Å². The highest BCUT2D eigenvalue weighted by Crippen LogP contribution is 2.17. The molecule has 1 aromatic heterocycles. The molecule has 0 saturated carbocycles. The number of benzene rings is 2. The number of aryl methyl sites for hydroxylation is 3. The molecular weight excluding hydrogens is 376 g/mol. The predicted molar refractivity (Wildman–Crippen MR) is 116 cm³/mol. The second kappa shape index (κ2) is 9.22. The largest absolute Gasteiger partial charge is 0.340 e. The van der Waals surface area contributed by atoms with Gasteiger partial charge in [-0.15, -0.1) is 0 Å². The molecule has 2 aromatic carbocycles. The van der Waals surface area contributed by atoms with Crippen LogP contribution in [0.25, 0.3) is 11.4 Å². The summed E-state index contributed by atoms with van der Waals surface area (Å²) in [5.41, 5.74) is 4.62. The molecule has 4 rings (SSSR count). The van der Waals surface area contributed by atoms with Gasteiger partial charge in [0.05, 0.1) is 6.54 Å². The van der Waals surface area contributed by atoms with E-state index in [1.807, 2.05) is 29.2 Å². The smallest absolute Gasteiger partial charge is 0.241 e. The molecule has 0 unspecified atom stereocenters. The molecule has 156 valence electrons. The van der Waals surface area contributed by atoms with E-state index in [1.54, 1.807) is 0 Å². The van der Waals surface area contributed by atoms with Crippen molar-refractivity contribution in [1.29, 1.82) is 0 Å². The molecule has 3 aromatic rings. The number of hydrogen-bond donors (Lipinski definition) is 0. The van der Waals surface area contributed by atoms with Crippen molar-refractivity contribution in [2.45, 2.75) is 33.2 Å². The summed E-state index contributed by atoms with van der Waals surface area (Å²) in [6.45, 7) is 7.86. The van der Waals surface area contributed by atoms with E-state index in [4.69, 9.17) is 4.52 Å². The molecular formula is C24H28N4O2. The van der Waals surface area contributed by atoms with Crippen LogP contribution in [0.15, 0.2) is 53.1 Å². The van der Waals surface area contributed by atoms with E-state index in [0.717, 1.165) is 38.2 Å². The normalized spacial score (nSPS) is 14.8. The van der Waals surface area contributed by atoms with Gasteiger partial charge in [0.1, 0.15) is 0 Å². The molecule has 0 atom stereocenters. The van der Waals surface area contributed by atoms with E-state index in [1.165, 1.54) is 16.7 Å². The van der Waals surface area contributed by atoms with Gasteiger partial charge in [0.25, 0.3) is 0 Å². The van der Waals surface area contributed by atoms with E-state index in [-0.39, 0.29) is 5.91 Å². The third-order valence-corrected chi connectivity index (χ3v) is 5.61. The Morgan fingerprint density at radius 3 is 2.23 bits per heavy atom. The van der Waals surface area contributed by atoms with Gasteiger partial charge < -0.3 is 9.42 Å². The molecule has 30 heavy (non-hydrogen) atoms. The number of amides is 1. The maximum absolute atomic E-state index is 12.6. The Labute approximate surface area is 177 Å². The maximum Gasteiger partial charge on any atom is 0.241 e. The molecule has 0 radical (unpaired) electrons. The number of piperazine rings is 1. The van der Waals surface area contributed by atoms with Crippen molar-refractivity contribution in [3.05, 3.63) is 71.1 Å². The van der Waals surface area contributed by atoms with Gasteiger partial charge in [-0.1, -0.05) is 64.8 Å². The van der Waals surface area contributed by atoms with Gasteiger partial charge in [0.15, 0.2) is 0 Å². The molecule has 0 aliphatic carbocycles. The van der Waals surface area contributed by atoms with E-state index in [0.29, 0.717) is 24.7 Å².